The Morgan fingerprint density at radius 1 is 1.75 bits per heavy atom. The zero-order valence-corrected chi connectivity index (χ0v) is 6.56. The van der Waals surface area contributed by atoms with Gasteiger partial charge in [0.25, 0.3) is 0 Å². The van der Waals surface area contributed by atoms with Gasteiger partial charge in [0.15, 0.2) is 0 Å². The first-order valence-electron chi connectivity index (χ1n) is 1.71. The molecule has 0 saturated heterocycles. The first-order chi connectivity index (χ1) is 3.27. The van der Waals surface area contributed by atoms with Gasteiger partial charge in [0.1, 0.15) is 6.67 Å². The van der Waals surface area contributed by atoms with Crippen molar-refractivity contribution in [1.29, 1.82) is 0 Å². The van der Waals surface area contributed by atoms with Gasteiger partial charge in [-0.1, -0.05) is 6.08 Å². The molecule has 0 radical (unpaired) electrons. The zero-order valence-electron chi connectivity index (χ0n) is 4.56. The fraction of sp³-hybridized carbons (Fsp3) is 0.250. The number of allylic oxidation sites excluding steroid dienone is 1. The van der Waals surface area contributed by atoms with E-state index in [0.29, 0.717) is 6.08 Å². The summed E-state index contributed by atoms with van der Waals surface area (Å²) in [6.07, 6.45) is 1.52. The summed E-state index contributed by atoms with van der Waals surface area (Å²) in [6.45, 7) is -0.756. The van der Waals surface area contributed by atoms with Gasteiger partial charge in [-0.15, -0.1) is 0 Å². The van der Waals surface area contributed by atoms with E-state index in [0.717, 1.165) is 6.08 Å². The molecule has 2 nitrogen and oxygen atoms in total. The predicted molar refractivity (Wildman–Crippen MR) is 20.1 cm³/mol. The molecule has 0 aliphatic rings. The molecule has 0 aliphatic heterocycles. The van der Waals surface area contributed by atoms with Crippen LogP contribution >= 0.6 is 0 Å². The van der Waals surface area contributed by atoms with E-state index in [4.69, 9.17) is 0 Å². The molecule has 0 aromatic heterocycles. The second-order valence-electron chi connectivity index (χ2n) is 0.876. The van der Waals surface area contributed by atoms with Gasteiger partial charge in [-0.2, -0.15) is 0 Å². The molecule has 0 heterocycles. The average molecular weight is 126 g/mol. The smallest absolute Gasteiger partial charge is 0.545 e. The van der Waals surface area contributed by atoms with Gasteiger partial charge in [0.05, 0.1) is 5.97 Å². The third-order valence-corrected chi connectivity index (χ3v) is 0.343. The van der Waals surface area contributed by atoms with Gasteiger partial charge >= 0.3 is 29.6 Å². The van der Waals surface area contributed by atoms with Crippen LogP contribution in [0.1, 0.15) is 0 Å². The quantitative estimate of drug-likeness (QED) is 0.282. The van der Waals surface area contributed by atoms with Crippen molar-refractivity contribution in [1.82, 2.24) is 0 Å². The average Bonchev–Trinajstić information content (AvgIpc) is 1.61. The molecule has 0 unspecified atom stereocenters. The van der Waals surface area contributed by atoms with Gasteiger partial charge < -0.3 is 9.90 Å². The molecule has 0 atom stereocenters. The van der Waals surface area contributed by atoms with Gasteiger partial charge in [-0.25, -0.2) is 4.39 Å². The second-order valence-corrected chi connectivity index (χ2v) is 0.876. The Balaban J connectivity index is 0. The van der Waals surface area contributed by atoms with E-state index in [1.165, 1.54) is 0 Å². The van der Waals surface area contributed by atoms with E-state index in [1.807, 2.05) is 0 Å². The molecule has 0 aromatic rings. The number of carboxylic acids is 1. The molecule has 40 valence electrons. The third kappa shape index (κ3) is 9.46. The number of alkyl halides is 1. The Morgan fingerprint density at radius 3 is 2.38 bits per heavy atom. The summed E-state index contributed by atoms with van der Waals surface area (Å²) in [7, 11) is 0. The Bertz CT molecular complexity index is 92.0. The molecule has 0 aromatic carbocycles. The summed E-state index contributed by atoms with van der Waals surface area (Å²) in [5, 5.41) is 9.39. The summed E-state index contributed by atoms with van der Waals surface area (Å²) in [5.41, 5.74) is 0. The van der Waals surface area contributed by atoms with Crippen LogP contribution in [0.15, 0.2) is 12.2 Å². The number of aliphatic carboxylic acids is 1. The molecule has 0 bridgehead atoms. The molecule has 8 heavy (non-hydrogen) atoms. The van der Waals surface area contributed by atoms with Crippen molar-refractivity contribution >= 4 is 5.97 Å². The zero-order chi connectivity index (χ0) is 5.70. The van der Waals surface area contributed by atoms with Crippen molar-refractivity contribution in [2.24, 2.45) is 0 Å². The molecule has 0 spiro atoms. The van der Waals surface area contributed by atoms with Gasteiger partial charge in [0, 0.05) is 0 Å². The molecule has 4 heteroatoms. The Labute approximate surface area is 68.7 Å². The van der Waals surface area contributed by atoms with Crippen LogP contribution in [-0.4, -0.2) is 12.6 Å². The maximum Gasteiger partial charge on any atom is 1.00 e. The fourth-order valence-electron chi connectivity index (χ4n) is 0.141. The molecular weight excluding hydrogens is 122 g/mol. The summed E-state index contributed by atoms with van der Waals surface area (Å²) < 4.78 is 11.0. The van der Waals surface area contributed by atoms with E-state index >= 15 is 0 Å². The maximum atomic E-state index is 11.0. The Kier molecular flexibility index (Phi) is 9.82. The van der Waals surface area contributed by atoms with Crippen molar-refractivity contribution in [2.45, 2.75) is 0 Å². The molecular formula is C4H4FNaO2. The summed E-state index contributed by atoms with van der Waals surface area (Å²) in [4.78, 5) is 9.39. The summed E-state index contributed by atoms with van der Waals surface area (Å²) in [6, 6.07) is 0. The van der Waals surface area contributed by atoms with Crippen LogP contribution in [-0.2, 0) is 4.79 Å². The molecule has 0 rings (SSSR count). The van der Waals surface area contributed by atoms with Crippen molar-refractivity contribution in [3.63, 3.8) is 0 Å². The SMILES string of the molecule is O=C([O-])/C=C/CF.[Na+]. The fourth-order valence-corrected chi connectivity index (χ4v) is 0.141. The van der Waals surface area contributed by atoms with Crippen LogP contribution in [0.25, 0.3) is 0 Å². The molecule has 0 saturated carbocycles. The first-order valence-corrected chi connectivity index (χ1v) is 1.71. The van der Waals surface area contributed by atoms with E-state index in [9.17, 15) is 14.3 Å². The van der Waals surface area contributed by atoms with E-state index in [-0.39, 0.29) is 29.6 Å². The number of halogens is 1. The number of carbonyl (C=O) groups excluding carboxylic acids is 1. The minimum absolute atomic E-state index is 0. The van der Waals surface area contributed by atoms with Crippen molar-refractivity contribution in [2.75, 3.05) is 6.67 Å². The number of hydrogen-bond donors (Lipinski definition) is 0. The van der Waals surface area contributed by atoms with Gasteiger partial charge in [-0.05, 0) is 6.08 Å². The minimum Gasteiger partial charge on any atom is -0.545 e. The standard InChI is InChI=1S/C4H5FO2.Na/c5-3-1-2-4(6)7;/h1-2H,3H2,(H,6,7);/q;+1/p-1/b2-1+;. The van der Waals surface area contributed by atoms with Gasteiger partial charge in [0.2, 0.25) is 0 Å². The first kappa shape index (κ1) is 11.0. The molecule has 0 fully saturated rings. The topological polar surface area (TPSA) is 40.1 Å². The normalized spacial score (nSPS) is 8.62. The Hall–Kier alpha value is 0.140. The van der Waals surface area contributed by atoms with Gasteiger partial charge in [-0.3, -0.25) is 0 Å². The van der Waals surface area contributed by atoms with Crippen LogP contribution in [0.3, 0.4) is 0 Å². The van der Waals surface area contributed by atoms with Crippen molar-refractivity contribution in [3.05, 3.63) is 12.2 Å². The predicted octanol–water partition coefficient (Wildman–Crippen LogP) is -3.73. The third-order valence-electron chi connectivity index (χ3n) is 0.343. The number of carbonyl (C=O) groups is 1. The van der Waals surface area contributed by atoms with Crippen LogP contribution in [0.5, 0.6) is 0 Å². The molecule has 0 aliphatic carbocycles. The van der Waals surface area contributed by atoms with E-state index in [2.05, 4.69) is 0 Å². The summed E-state index contributed by atoms with van der Waals surface area (Å²) in [5.74, 6) is -1.36. The van der Waals surface area contributed by atoms with Crippen LogP contribution in [0.2, 0.25) is 0 Å². The number of hydrogen-bond acceptors (Lipinski definition) is 2. The number of rotatable bonds is 2. The largest absolute Gasteiger partial charge is 1.00 e. The summed E-state index contributed by atoms with van der Waals surface area (Å²) >= 11 is 0. The van der Waals surface area contributed by atoms with Crippen molar-refractivity contribution in [3.8, 4) is 0 Å². The molecule has 0 amide bonds. The second kappa shape index (κ2) is 7.14. The Morgan fingerprint density at radius 2 is 2.25 bits per heavy atom. The monoisotopic (exact) mass is 126 g/mol. The van der Waals surface area contributed by atoms with Crippen LogP contribution in [0, 0.1) is 0 Å². The maximum absolute atomic E-state index is 11.0. The van der Waals surface area contributed by atoms with E-state index < -0.39 is 12.6 Å². The van der Waals surface area contributed by atoms with Crippen LogP contribution in [0.4, 0.5) is 4.39 Å². The minimum atomic E-state index is -1.36. The van der Waals surface area contributed by atoms with Crippen LogP contribution < -0.4 is 34.7 Å². The van der Waals surface area contributed by atoms with E-state index in [1.54, 1.807) is 0 Å². The molecule has 0 N–H and O–H groups in total. The number of carboxylic acid groups (broad SMARTS) is 1. The van der Waals surface area contributed by atoms with Crippen molar-refractivity contribution < 1.29 is 43.8 Å².